The van der Waals surface area contributed by atoms with Crippen molar-refractivity contribution in [1.82, 2.24) is 0 Å². The number of methoxy groups -OCH3 is 1. The molecule has 0 fully saturated rings. The highest BCUT2D eigenvalue weighted by molar-refractivity contribution is 5.41. The number of fused-ring (bicyclic) bond motifs is 1. The molecule has 3 nitrogen and oxygen atoms in total. The third-order valence-corrected chi connectivity index (χ3v) is 2.19. The zero-order valence-electron chi connectivity index (χ0n) is 7.49. The summed E-state index contributed by atoms with van der Waals surface area (Å²) in [6, 6.07) is 5.61. The van der Waals surface area contributed by atoms with Crippen LogP contribution >= 0.6 is 0 Å². The second kappa shape index (κ2) is 3.26. The van der Waals surface area contributed by atoms with Gasteiger partial charge in [-0.2, -0.15) is 0 Å². The van der Waals surface area contributed by atoms with Crippen molar-refractivity contribution in [3.8, 4) is 11.5 Å². The van der Waals surface area contributed by atoms with Crippen molar-refractivity contribution >= 4 is 0 Å². The van der Waals surface area contributed by atoms with Gasteiger partial charge in [0.05, 0.1) is 7.11 Å². The van der Waals surface area contributed by atoms with Crippen molar-refractivity contribution in [2.75, 3.05) is 7.11 Å². The highest BCUT2D eigenvalue weighted by Gasteiger charge is 2.17. The van der Waals surface area contributed by atoms with Gasteiger partial charge in [-0.1, -0.05) is 0 Å². The molecule has 0 saturated carbocycles. The smallest absolute Gasteiger partial charge is 0.197 e. The summed E-state index contributed by atoms with van der Waals surface area (Å²) in [5.41, 5.74) is 1.10. The molecule has 0 saturated heterocycles. The summed E-state index contributed by atoms with van der Waals surface area (Å²) < 4.78 is 10.3. The van der Waals surface area contributed by atoms with Gasteiger partial charge in [0.15, 0.2) is 6.29 Å². The lowest BCUT2D eigenvalue weighted by Crippen LogP contribution is -2.21. The molecule has 70 valence electrons. The Labute approximate surface area is 76.9 Å². The van der Waals surface area contributed by atoms with Gasteiger partial charge in [0, 0.05) is 6.42 Å². The van der Waals surface area contributed by atoms with E-state index in [2.05, 4.69) is 0 Å². The first-order valence-electron chi connectivity index (χ1n) is 4.31. The molecule has 1 heterocycles. The van der Waals surface area contributed by atoms with Crippen molar-refractivity contribution in [1.29, 1.82) is 0 Å². The number of ether oxygens (including phenoxy) is 2. The average Bonchev–Trinajstić information content (AvgIpc) is 2.17. The molecule has 0 amide bonds. The van der Waals surface area contributed by atoms with E-state index in [-0.39, 0.29) is 0 Å². The molecule has 13 heavy (non-hydrogen) atoms. The Kier molecular flexibility index (Phi) is 2.10. The van der Waals surface area contributed by atoms with Crippen molar-refractivity contribution in [2.45, 2.75) is 19.1 Å². The zero-order chi connectivity index (χ0) is 9.26. The van der Waals surface area contributed by atoms with Gasteiger partial charge in [-0.15, -0.1) is 0 Å². The Hall–Kier alpha value is -1.22. The van der Waals surface area contributed by atoms with Crippen LogP contribution in [0.15, 0.2) is 18.2 Å². The maximum Gasteiger partial charge on any atom is 0.197 e. The molecule has 1 N–H and O–H groups in total. The van der Waals surface area contributed by atoms with Crippen LogP contribution in [0.4, 0.5) is 0 Å². The van der Waals surface area contributed by atoms with Gasteiger partial charge in [0.25, 0.3) is 0 Å². The lowest BCUT2D eigenvalue weighted by molar-refractivity contribution is -0.0316. The molecule has 0 aliphatic carbocycles. The Bertz CT molecular complexity index is 309. The normalized spacial score (nSPS) is 20.3. The quantitative estimate of drug-likeness (QED) is 0.708. The molecule has 1 aromatic rings. The van der Waals surface area contributed by atoms with Crippen LogP contribution in [-0.2, 0) is 6.42 Å². The van der Waals surface area contributed by atoms with E-state index >= 15 is 0 Å². The van der Waals surface area contributed by atoms with E-state index in [1.165, 1.54) is 0 Å². The Morgan fingerprint density at radius 1 is 1.54 bits per heavy atom. The number of aliphatic hydroxyl groups excluding tert-OH is 1. The molecule has 1 aliphatic heterocycles. The zero-order valence-corrected chi connectivity index (χ0v) is 7.49. The molecular weight excluding hydrogens is 168 g/mol. The van der Waals surface area contributed by atoms with Crippen LogP contribution < -0.4 is 9.47 Å². The van der Waals surface area contributed by atoms with Crippen LogP contribution in [0, 0.1) is 0 Å². The SMILES string of the molecule is COc1ccc2c(c1)CC[C@H](O)O2. The van der Waals surface area contributed by atoms with Gasteiger partial charge in [0.1, 0.15) is 11.5 Å². The van der Waals surface area contributed by atoms with Crippen molar-refractivity contribution in [2.24, 2.45) is 0 Å². The monoisotopic (exact) mass is 180 g/mol. The van der Waals surface area contributed by atoms with Gasteiger partial charge >= 0.3 is 0 Å². The summed E-state index contributed by atoms with van der Waals surface area (Å²) in [6.45, 7) is 0. The Morgan fingerprint density at radius 2 is 2.38 bits per heavy atom. The molecule has 0 unspecified atom stereocenters. The van der Waals surface area contributed by atoms with E-state index in [0.29, 0.717) is 6.42 Å². The highest BCUT2D eigenvalue weighted by atomic mass is 16.6. The molecular formula is C10H12O3. The number of aryl methyl sites for hydroxylation is 1. The van der Waals surface area contributed by atoms with E-state index < -0.39 is 6.29 Å². The van der Waals surface area contributed by atoms with Gasteiger partial charge in [-0.25, -0.2) is 0 Å². The molecule has 0 aromatic heterocycles. The minimum absolute atomic E-state index is 0.652. The fourth-order valence-corrected chi connectivity index (χ4v) is 1.48. The van der Waals surface area contributed by atoms with Gasteiger partial charge in [0.2, 0.25) is 0 Å². The summed E-state index contributed by atoms with van der Waals surface area (Å²) in [7, 11) is 1.64. The topological polar surface area (TPSA) is 38.7 Å². The molecule has 3 heteroatoms. The number of rotatable bonds is 1. The van der Waals surface area contributed by atoms with Crippen LogP contribution in [0.25, 0.3) is 0 Å². The minimum atomic E-state index is -0.652. The third kappa shape index (κ3) is 1.60. The predicted octanol–water partition coefficient (Wildman–Crippen LogP) is 1.34. The third-order valence-electron chi connectivity index (χ3n) is 2.19. The van der Waals surface area contributed by atoms with Crippen LogP contribution in [0.5, 0.6) is 11.5 Å². The average molecular weight is 180 g/mol. The fourth-order valence-electron chi connectivity index (χ4n) is 1.48. The van der Waals surface area contributed by atoms with Gasteiger partial charge in [-0.3, -0.25) is 0 Å². The second-order valence-corrected chi connectivity index (χ2v) is 3.08. The van der Waals surface area contributed by atoms with E-state index in [1.807, 2.05) is 18.2 Å². The molecule has 2 rings (SSSR count). The van der Waals surface area contributed by atoms with E-state index in [9.17, 15) is 5.11 Å². The van der Waals surface area contributed by atoms with E-state index in [0.717, 1.165) is 23.5 Å². The van der Waals surface area contributed by atoms with Crippen LogP contribution in [0.1, 0.15) is 12.0 Å². The van der Waals surface area contributed by atoms with E-state index in [4.69, 9.17) is 9.47 Å². The molecule has 1 aromatic carbocycles. The molecule has 1 atom stereocenters. The Balaban J connectivity index is 2.31. The van der Waals surface area contributed by atoms with Gasteiger partial charge in [-0.05, 0) is 30.2 Å². The van der Waals surface area contributed by atoms with Crippen molar-refractivity contribution in [3.05, 3.63) is 23.8 Å². The largest absolute Gasteiger partial charge is 0.497 e. The predicted molar refractivity (Wildman–Crippen MR) is 47.9 cm³/mol. The number of hydrogen-bond acceptors (Lipinski definition) is 3. The van der Waals surface area contributed by atoms with Crippen molar-refractivity contribution < 1.29 is 14.6 Å². The lowest BCUT2D eigenvalue weighted by Gasteiger charge is -2.22. The van der Waals surface area contributed by atoms with Crippen molar-refractivity contribution in [3.63, 3.8) is 0 Å². The maximum absolute atomic E-state index is 9.23. The Morgan fingerprint density at radius 3 is 3.15 bits per heavy atom. The lowest BCUT2D eigenvalue weighted by atomic mass is 10.1. The van der Waals surface area contributed by atoms with Crippen LogP contribution in [0.3, 0.4) is 0 Å². The van der Waals surface area contributed by atoms with Crippen LogP contribution in [0.2, 0.25) is 0 Å². The highest BCUT2D eigenvalue weighted by Crippen LogP contribution is 2.29. The standard InChI is InChI=1S/C10H12O3/c1-12-8-3-4-9-7(6-8)2-5-10(11)13-9/h3-4,6,10-11H,2,5H2,1H3/t10-/m1/s1. The van der Waals surface area contributed by atoms with Gasteiger partial charge < -0.3 is 14.6 Å². The number of hydrogen-bond donors (Lipinski definition) is 1. The van der Waals surface area contributed by atoms with Crippen LogP contribution in [-0.4, -0.2) is 18.5 Å². The first kappa shape index (κ1) is 8.38. The summed E-state index contributed by atoms with van der Waals surface area (Å²) in [5, 5.41) is 9.23. The first-order chi connectivity index (χ1) is 6.29. The molecule has 1 aliphatic rings. The summed E-state index contributed by atoms with van der Waals surface area (Å²) in [4.78, 5) is 0. The number of aliphatic hydroxyl groups is 1. The summed E-state index contributed by atoms with van der Waals surface area (Å²) in [5.74, 6) is 1.60. The maximum atomic E-state index is 9.23. The molecule has 0 bridgehead atoms. The second-order valence-electron chi connectivity index (χ2n) is 3.08. The molecule has 0 radical (unpaired) electrons. The number of benzene rings is 1. The first-order valence-corrected chi connectivity index (χ1v) is 4.31. The summed E-state index contributed by atoms with van der Waals surface area (Å²) >= 11 is 0. The fraction of sp³-hybridized carbons (Fsp3) is 0.400. The minimum Gasteiger partial charge on any atom is -0.497 e. The summed E-state index contributed by atoms with van der Waals surface area (Å²) in [6.07, 6.45) is 0.842. The molecule has 0 spiro atoms. The van der Waals surface area contributed by atoms with E-state index in [1.54, 1.807) is 7.11 Å².